The molecule has 2 aromatic heterocycles. The molecule has 0 unspecified atom stereocenters. The molecular weight excluding hydrogens is 410 g/mol. The molecule has 30 heavy (non-hydrogen) atoms. The minimum absolute atomic E-state index is 0.0800. The van der Waals surface area contributed by atoms with Crippen molar-refractivity contribution in [1.82, 2.24) is 19.4 Å². The highest BCUT2D eigenvalue weighted by molar-refractivity contribution is 6.30. The van der Waals surface area contributed by atoms with Crippen molar-refractivity contribution < 1.29 is 9.59 Å². The summed E-state index contributed by atoms with van der Waals surface area (Å²) in [5.41, 5.74) is -0.136. The van der Waals surface area contributed by atoms with E-state index in [-0.39, 0.29) is 35.6 Å². The summed E-state index contributed by atoms with van der Waals surface area (Å²) in [6, 6.07) is 9.66. The van der Waals surface area contributed by atoms with Crippen molar-refractivity contribution in [3.8, 4) is 0 Å². The number of hydrogen-bond acceptors (Lipinski definition) is 5. The summed E-state index contributed by atoms with van der Waals surface area (Å²) in [5, 5.41) is 6.25. The number of halogens is 1. The molecule has 2 amide bonds. The molecule has 0 saturated carbocycles. The summed E-state index contributed by atoms with van der Waals surface area (Å²) < 4.78 is 2.20. The van der Waals surface area contributed by atoms with Crippen LogP contribution in [-0.4, -0.2) is 32.5 Å². The Morgan fingerprint density at radius 1 is 1.03 bits per heavy atom. The van der Waals surface area contributed by atoms with Gasteiger partial charge in [-0.15, -0.1) is 0 Å². The third-order valence-electron chi connectivity index (χ3n) is 4.53. The summed E-state index contributed by atoms with van der Waals surface area (Å²) in [6.45, 7) is 0.266. The quantitative estimate of drug-likeness (QED) is 0.575. The van der Waals surface area contributed by atoms with Gasteiger partial charge in [-0.05, 0) is 42.8 Å². The maximum Gasteiger partial charge on any atom is 0.332 e. The molecule has 0 radical (unpaired) electrons. The molecule has 2 N–H and O–H groups in total. The number of anilines is 1. The molecule has 0 bridgehead atoms. The molecule has 0 spiro atoms. The second-order valence-corrected chi connectivity index (χ2v) is 7.12. The molecule has 0 aliphatic heterocycles. The van der Waals surface area contributed by atoms with Gasteiger partial charge in [0.15, 0.2) is 0 Å². The molecule has 3 aromatic rings. The Hall–Kier alpha value is -3.46. The summed E-state index contributed by atoms with van der Waals surface area (Å²) in [6.07, 6.45) is 0.649. The lowest BCUT2D eigenvalue weighted by Gasteiger charge is -2.09. The van der Waals surface area contributed by atoms with Crippen LogP contribution in [0.2, 0.25) is 5.02 Å². The van der Waals surface area contributed by atoms with Crippen molar-refractivity contribution in [3.63, 3.8) is 0 Å². The van der Waals surface area contributed by atoms with Gasteiger partial charge in [0.05, 0.1) is 5.39 Å². The van der Waals surface area contributed by atoms with Crippen LogP contribution in [-0.2, 0) is 18.9 Å². The van der Waals surface area contributed by atoms with Crippen molar-refractivity contribution in [2.75, 3.05) is 11.9 Å². The van der Waals surface area contributed by atoms with E-state index in [1.165, 1.54) is 30.8 Å². The fourth-order valence-electron chi connectivity index (χ4n) is 2.88. The van der Waals surface area contributed by atoms with Gasteiger partial charge in [0, 0.05) is 37.8 Å². The number of nitrogens with one attached hydrogen (secondary N) is 2. The molecule has 9 nitrogen and oxygen atoms in total. The second kappa shape index (κ2) is 8.91. The number of aromatic nitrogens is 3. The second-order valence-electron chi connectivity index (χ2n) is 6.69. The van der Waals surface area contributed by atoms with Gasteiger partial charge in [0.1, 0.15) is 11.3 Å². The number of carbonyl (C=O) groups excluding carboxylic acids is 2. The van der Waals surface area contributed by atoms with E-state index in [2.05, 4.69) is 15.6 Å². The van der Waals surface area contributed by atoms with Crippen molar-refractivity contribution >= 4 is 40.1 Å². The first-order chi connectivity index (χ1) is 14.3. The van der Waals surface area contributed by atoms with Crippen molar-refractivity contribution in [2.45, 2.75) is 12.8 Å². The highest BCUT2D eigenvalue weighted by Crippen LogP contribution is 2.13. The highest BCUT2D eigenvalue weighted by Gasteiger charge is 2.13. The first kappa shape index (κ1) is 21.3. The molecule has 0 saturated heterocycles. The Morgan fingerprint density at radius 2 is 1.73 bits per heavy atom. The Kier molecular flexibility index (Phi) is 6.31. The minimum atomic E-state index is -0.524. The minimum Gasteiger partial charge on any atom is -0.351 e. The molecule has 0 fully saturated rings. The van der Waals surface area contributed by atoms with E-state index in [9.17, 15) is 19.2 Å². The standard InChI is InChI=1S/C20H20ClN5O4/c1-25-17-14(19(29)26(2)20(25)30)9-10-15(24-17)18(28)22-11-3-4-16(27)23-13-7-5-12(21)6-8-13/h5-10H,3-4,11H2,1-2H3,(H,22,28)(H,23,27). The van der Waals surface area contributed by atoms with Crippen LogP contribution in [0.4, 0.5) is 5.69 Å². The van der Waals surface area contributed by atoms with Gasteiger partial charge in [-0.2, -0.15) is 0 Å². The van der Waals surface area contributed by atoms with Crippen LogP contribution in [0.5, 0.6) is 0 Å². The zero-order valence-corrected chi connectivity index (χ0v) is 17.2. The van der Waals surface area contributed by atoms with Gasteiger partial charge in [0.25, 0.3) is 11.5 Å². The van der Waals surface area contributed by atoms with Crippen LogP contribution in [0, 0.1) is 0 Å². The number of aryl methyl sites for hydroxylation is 1. The third-order valence-corrected chi connectivity index (χ3v) is 4.78. The van der Waals surface area contributed by atoms with Gasteiger partial charge in [0.2, 0.25) is 5.91 Å². The average Bonchev–Trinajstić information content (AvgIpc) is 2.74. The molecule has 10 heteroatoms. The van der Waals surface area contributed by atoms with Crippen LogP contribution in [0.1, 0.15) is 23.3 Å². The van der Waals surface area contributed by atoms with Crippen LogP contribution in [0.3, 0.4) is 0 Å². The number of rotatable bonds is 6. The van der Waals surface area contributed by atoms with Gasteiger partial charge < -0.3 is 10.6 Å². The van der Waals surface area contributed by atoms with E-state index in [4.69, 9.17) is 11.6 Å². The number of amides is 2. The van der Waals surface area contributed by atoms with E-state index < -0.39 is 17.2 Å². The fraction of sp³-hybridized carbons (Fsp3) is 0.250. The normalized spacial score (nSPS) is 10.8. The summed E-state index contributed by atoms with van der Waals surface area (Å²) in [4.78, 5) is 52.7. The van der Waals surface area contributed by atoms with Crippen LogP contribution in [0.15, 0.2) is 46.0 Å². The molecule has 1 aromatic carbocycles. The number of hydrogen-bond donors (Lipinski definition) is 2. The number of benzene rings is 1. The van der Waals surface area contributed by atoms with E-state index in [1.807, 2.05) is 0 Å². The Balaban J connectivity index is 1.58. The lowest BCUT2D eigenvalue weighted by Crippen LogP contribution is -2.37. The predicted molar refractivity (Wildman–Crippen MR) is 114 cm³/mol. The topological polar surface area (TPSA) is 115 Å². The van der Waals surface area contributed by atoms with E-state index in [0.717, 1.165) is 4.57 Å². The van der Waals surface area contributed by atoms with Gasteiger partial charge in [-0.1, -0.05) is 11.6 Å². The summed E-state index contributed by atoms with van der Waals surface area (Å²) in [5.74, 6) is -0.635. The Morgan fingerprint density at radius 3 is 2.43 bits per heavy atom. The molecule has 0 aliphatic carbocycles. The zero-order chi connectivity index (χ0) is 21.8. The Labute approximate surface area is 176 Å². The van der Waals surface area contributed by atoms with E-state index >= 15 is 0 Å². The van der Waals surface area contributed by atoms with Gasteiger partial charge in [-0.25, -0.2) is 9.78 Å². The van der Waals surface area contributed by atoms with Crippen LogP contribution >= 0.6 is 11.6 Å². The van der Waals surface area contributed by atoms with E-state index in [0.29, 0.717) is 17.1 Å². The van der Waals surface area contributed by atoms with Crippen LogP contribution < -0.4 is 21.9 Å². The maximum absolute atomic E-state index is 12.3. The smallest absolute Gasteiger partial charge is 0.332 e. The molecule has 0 aliphatic rings. The maximum atomic E-state index is 12.3. The van der Waals surface area contributed by atoms with E-state index in [1.54, 1.807) is 24.3 Å². The lowest BCUT2D eigenvalue weighted by molar-refractivity contribution is -0.116. The molecule has 2 heterocycles. The van der Waals surface area contributed by atoms with Crippen molar-refractivity contribution in [3.05, 3.63) is 68.0 Å². The van der Waals surface area contributed by atoms with Crippen molar-refractivity contribution in [2.24, 2.45) is 14.1 Å². The number of nitrogens with zero attached hydrogens (tertiary/aromatic N) is 3. The summed E-state index contributed by atoms with van der Waals surface area (Å²) in [7, 11) is 2.87. The SMILES string of the molecule is Cn1c(=O)c2ccc(C(=O)NCCCC(=O)Nc3ccc(Cl)cc3)nc2n(C)c1=O. The highest BCUT2D eigenvalue weighted by atomic mass is 35.5. The Bertz CT molecular complexity index is 1230. The molecule has 3 rings (SSSR count). The third kappa shape index (κ3) is 4.57. The number of pyridine rings is 1. The first-order valence-electron chi connectivity index (χ1n) is 9.18. The number of carbonyl (C=O) groups is 2. The monoisotopic (exact) mass is 429 g/mol. The molecular formula is C20H20ClN5O4. The molecule has 156 valence electrons. The van der Waals surface area contributed by atoms with Crippen molar-refractivity contribution in [1.29, 1.82) is 0 Å². The van der Waals surface area contributed by atoms with Crippen LogP contribution in [0.25, 0.3) is 11.0 Å². The summed E-state index contributed by atoms with van der Waals surface area (Å²) >= 11 is 5.80. The first-order valence-corrected chi connectivity index (χ1v) is 9.56. The lowest BCUT2D eigenvalue weighted by atomic mass is 10.2. The number of fused-ring (bicyclic) bond motifs is 1. The van der Waals surface area contributed by atoms with Gasteiger partial charge in [-0.3, -0.25) is 23.5 Å². The predicted octanol–water partition coefficient (Wildman–Crippen LogP) is 1.43. The van der Waals surface area contributed by atoms with Gasteiger partial charge >= 0.3 is 5.69 Å². The largest absolute Gasteiger partial charge is 0.351 e. The average molecular weight is 430 g/mol. The fourth-order valence-corrected chi connectivity index (χ4v) is 3.00. The molecule has 0 atom stereocenters. The zero-order valence-electron chi connectivity index (χ0n) is 16.4.